The van der Waals surface area contributed by atoms with Crippen molar-refractivity contribution in [3.8, 4) is 0 Å². The van der Waals surface area contributed by atoms with E-state index in [1.54, 1.807) is 0 Å². The van der Waals surface area contributed by atoms with E-state index >= 15 is 0 Å². The predicted molar refractivity (Wildman–Crippen MR) is 88.6 cm³/mol. The maximum atomic E-state index is 11.5. The minimum atomic E-state index is -2.82. The van der Waals surface area contributed by atoms with Gasteiger partial charge in [-0.15, -0.1) is 0 Å². The molecule has 5 heteroatoms. The third kappa shape index (κ3) is 4.71. The van der Waals surface area contributed by atoms with Gasteiger partial charge in [-0.1, -0.05) is 6.07 Å². The van der Waals surface area contributed by atoms with Gasteiger partial charge in [0.05, 0.1) is 11.5 Å². The van der Waals surface area contributed by atoms with Crippen molar-refractivity contribution in [2.75, 3.05) is 29.5 Å². The first-order valence-electron chi connectivity index (χ1n) is 7.46. The Morgan fingerprint density at radius 1 is 1.19 bits per heavy atom. The molecule has 1 aliphatic heterocycles. The van der Waals surface area contributed by atoms with Crippen LogP contribution < -0.4 is 10.2 Å². The molecule has 0 aromatic heterocycles. The Morgan fingerprint density at radius 3 is 2.33 bits per heavy atom. The molecule has 0 spiro atoms. The predicted octanol–water partition coefficient (Wildman–Crippen LogP) is 2.12. The van der Waals surface area contributed by atoms with Crippen molar-refractivity contribution in [1.29, 1.82) is 0 Å². The van der Waals surface area contributed by atoms with Crippen LogP contribution >= 0.6 is 0 Å². The molecule has 1 aromatic carbocycles. The Hall–Kier alpha value is -1.07. The lowest BCUT2D eigenvalue weighted by Gasteiger charge is -2.29. The number of anilines is 1. The molecule has 0 bridgehead atoms. The summed E-state index contributed by atoms with van der Waals surface area (Å²) in [6, 6.07) is 6.41. The SMILES string of the molecule is Cc1cc(N2CCS(=O)(=O)CC2)ccc1CNC(C)(C)C. The summed E-state index contributed by atoms with van der Waals surface area (Å²) in [6.45, 7) is 10.6. The van der Waals surface area contributed by atoms with E-state index in [2.05, 4.69) is 56.1 Å². The first kappa shape index (κ1) is 16.3. The van der Waals surface area contributed by atoms with Gasteiger partial charge in [0.2, 0.25) is 0 Å². The number of hydrogen-bond donors (Lipinski definition) is 1. The maximum absolute atomic E-state index is 11.5. The Kier molecular flexibility index (Phi) is 4.63. The zero-order valence-electron chi connectivity index (χ0n) is 13.4. The minimum absolute atomic E-state index is 0.104. The van der Waals surface area contributed by atoms with Crippen LogP contribution in [0.15, 0.2) is 18.2 Å². The van der Waals surface area contributed by atoms with E-state index in [4.69, 9.17) is 0 Å². The fourth-order valence-electron chi connectivity index (χ4n) is 2.41. The fraction of sp³-hybridized carbons (Fsp3) is 0.625. The Bertz CT molecular complexity index is 589. The average Bonchev–Trinajstić information content (AvgIpc) is 2.36. The van der Waals surface area contributed by atoms with E-state index < -0.39 is 9.84 Å². The van der Waals surface area contributed by atoms with Gasteiger partial charge in [0.25, 0.3) is 0 Å². The Labute approximate surface area is 128 Å². The van der Waals surface area contributed by atoms with Gasteiger partial charge in [-0.05, 0) is 51.0 Å². The third-order valence-corrected chi connectivity index (χ3v) is 5.45. The summed E-state index contributed by atoms with van der Waals surface area (Å²) in [5.41, 5.74) is 3.77. The van der Waals surface area contributed by atoms with Crippen LogP contribution in [-0.4, -0.2) is 38.6 Å². The summed E-state index contributed by atoms with van der Waals surface area (Å²) >= 11 is 0. The largest absolute Gasteiger partial charge is 0.369 e. The molecule has 1 saturated heterocycles. The highest BCUT2D eigenvalue weighted by atomic mass is 32.2. The topological polar surface area (TPSA) is 49.4 Å². The lowest BCUT2D eigenvalue weighted by atomic mass is 10.0. The Morgan fingerprint density at radius 2 is 1.81 bits per heavy atom. The van der Waals surface area contributed by atoms with Crippen molar-refractivity contribution in [2.24, 2.45) is 0 Å². The molecule has 0 amide bonds. The zero-order chi connectivity index (χ0) is 15.7. The van der Waals surface area contributed by atoms with Crippen molar-refractivity contribution in [2.45, 2.75) is 39.8 Å². The van der Waals surface area contributed by atoms with Gasteiger partial charge < -0.3 is 10.2 Å². The lowest BCUT2D eigenvalue weighted by molar-refractivity contribution is 0.424. The zero-order valence-corrected chi connectivity index (χ0v) is 14.3. The van der Waals surface area contributed by atoms with Crippen LogP contribution in [0.25, 0.3) is 0 Å². The van der Waals surface area contributed by atoms with Crippen LogP contribution in [0.2, 0.25) is 0 Å². The van der Waals surface area contributed by atoms with Gasteiger partial charge in [-0.25, -0.2) is 8.42 Å². The molecule has 1 aromatic rings. The number of nitrogens with one attached hydrogen (secondary N) is 1. The fourth-order valence-corrected chi connectivity index (χ4v) is 3.61. The summed E-state index contributed by atoms with van der Waals surface area (Å²) in [7, 11) is -2.82. The van der Waals surface area contributed by atoms with Crippen molar-refractivity contribution in [3.05, 3.63) is 29.3 Å². The van der Waals surface area contributed by atoms with Crippen LogP contribution in [0.3, 0.4) is 0 Å². The lowest BCUT2D eigenvalue weighted by Crippen LogP contribution is -2.40. The van der Waals surface area contributed by atoms with Crippen LogP contribution in [0.5, 0.6) is 0 Å². The van der Waals surface area contributed by atoms with Crippen LogP contribution in [-0.2, 0) is 16.4 Å². The number of hydrogen-bond acceptors (Lipinski definition) is 4. The maximum Gasteiger partial charge on any atom is 0.153 e. The van der Waals surface area contributed by atoms with Crippen LogP contribution in [0.1, 0.15) is 31.9 Å². The van der Waals surface area contributed by atoms with Crippen LogP contribution in [0.4, 0.5) is 5.69 Å². The number of benzene rings is 1. The molecule has 0 radical (unpaired) electrons. The average molecular weight is 310 g/mol. The molecule has 1 N–H and O–H groups in total. The van der Waals surface area contributed by atoms with E-state index in [1.807, 2.05) is 0 Å². The molecule has 118 valence electrons. The quantitative estimate of drug-likeness (QED) is 0.929. The van der Waals surface area contributed by atoms with Gasteiger partial charge in [-0.2, -0.15) is 0 Å². The molecule has 1 fully saturated rings. The molecule has 0 atom stereocenters. The molecular formula is C16H26N2O2S. The van der Waals surface area contributed by atoms with Gasteiger partial charge >= 0.3 is 0 Å². The number of rotatable bonds is 3. The summed E-state index contributed by atoms with van der Waals surface area (Å²) in [5.74, 6) is 0.527. The van der Waals surface area contributed by atoms with Gasteiger partial charge in [0.15, 0.2) is 9.84 Å². The van der Waals surface area contributed by atoms with Gasteiger partial charge in [0, 0.05) is 30.9 Å². The Balaban J connectivity index is 2.05. The van der Waals surface area contributed by atoms with Crippen molar-refractivity contribution in [1.82, 2.24) is 5.32 Å². The van der Waals surface area contributed by atoms with Gasteiger partial charge in [-0.3, -0.25) is 0 Å². The third-order valence-electron chi connectivity index (χ3n) is 3.84. The van der Waals surface area contributed by atoms with Crippen molar-refractivity contribution >= 4 is 15.5 Å². The molecule has 1 aliphatic rings. The highest BCUT2D eigenvalue weighted by Crippen LogP contribution is 2.21. The molecule has 0 aliphatic carbocycles. The van der Waals surface area contributed by atoms with Gasteiger partial charge in [0.1, 0.15) is 0 Å². The van der Waals surface area contributed by atoms with E-state index in [-0.39, 0.29) is 17.0 Å². The molecule has 2 rings (SSSR count). The molecular weight excluding hydrogens is 284 g/mol. The molecule has 21 heavy (non-hydrogen) atoms. The molecule has 0 saturated carbocycles. The summed E-state index contributed by atoms with van der Waals surface area (Å²) < 4.78 is 23.0. The molecule has 0 unspecified atom stereocenters. The standard InChI is InChI=1S/C16H26N2O2S/c1-13-11-15(18-7-9-21(19,20)10-8-18)6-5-14(13)12-17-16(2,3)4/h5-6,11,17H,7-10,12H2,1-4H3. The van der Waals surface area contributed by atoms with E-state index in [9.17, 15) is 8.42 Å². The normalized spacial score (nSPS) is 18.8. The second kappa shape index (κ2) is 5.97. The number of nitrogens with zero attached hydrogens (tertiary/aromatic N) is 1. The highest BCUT2D eigenvalue weighted by molar-refractivity contribution is 7.91. The number of sulfone groups is 1. The van der Waals surface area contributed by atoms with E-state index in [0.717, 1.165) is 12.2 Å². The van der Waals surface area contributed by atoms with Crippen molar-refractivity contribution in [3.63, 3.8) is 0 Å². The second-order valence-electron chi connectivity index (χ2n) is 6.85. The highest BCUT2D eigenvalue weighted by Gasteiger charge is 2.22. The first-order chi connectivity index (χ1) is 9.66. The van der Waals surface area contributed by atoms with Crippen molar-refractivity contribution < 1.29 is 8.42 Å². The van der Waals surface area contributed by atoms with E-state index in [1.165, 1.54) is 11.1 Å². The van der Waals surface area contributed by atoms with Crippen LogP contribution in [0, 0.1) is 6.92 Å². The number of aryl methyl sites for hydroxylation is 1. The summed E-state index contributed by atoms with van der Waals surface area (Å²) in [4.78, 5) is 2.16. The summed E-state index contributed by atoms with van der Waals surface area (Å²) in [6.07, 6.45) is 0. The monoisotopic (exact) mass is 310 g/mol. The molecule has 1 heterocycles. The minimum Gasteiger partial charge on any atom is -0.369 e. The van der Waals surface area contributed by atoms with E-state index in [0.29, 0.717) is 13.1 Å². The second-order valence-corrected chi connectivity index (χ2v) is 9.16. The first-order valence-corrected chi connectivity index (χ1v) is 9.28. The smallest absolute Gasteiger partial charge is 0.153 e. The molecule has 4 nitrogen and oxygen atoms in total. The summed E-state index contributed by atoms with van der Waals surface area (Å²) in [5, 5.41) is 3.50.